The largest absolute Gasteiger partial charge is 0.433 e. The molecule has 0 aliphatic carbocycles. The van der Waals surface area contributed by atoms with E-state index in [1.165, 1.54) is 0 Å². The van der Waals surface area contributed by atoms with Crippen molar-refractivity contribution in [1.82, 2.24) is 25.5 Å². The fraction of sp³-hybridized carbons (Fsp3) is 0.667. The van der Waals surface area contributed by atoms with Gasteiger partial charge in [0.25, 0.3) is 5.91 Å². The molecule has 2 aliphatic heterocycles. The van der Waals surface area contributed by atoms with E-state index in [1.807, 2.05) is 4.90 Å². The highest BCUT2D eigenvalue weighted by Crippen LogP contribution is 2.31. The van der Waals surface area contributed by atoms with Crippen LogP contribution in [0.1, 0.15) is 12.6 Å². The second kappa shape index (κ2) is 6.95. The maximum atomic E-state index is 13.5. The van der Waals surface area contributed by atoms with Gasteiger partial charge in [-0.1, -0.05) is 0 Å². The second-order valence-electron chi connectivity index (χ2n) is 6.74. The molecule has 144 valence electrons. The quantitative estimate of drug-likeness (QED) is 0.750. The van der Waals surface area contributed by atoms with Gasteiger partial charge in [0.05, 0.1) is 0 Å². The summed E-state index contributed by atoms with van der Waals surface area (Å²) in [4.78, 5) is 22.3. The van der Waals surface area contributed by atoms with Crippen molar-refractivity contribution < 1.29 is 22.4 Å². The highest BCUT2D eigenvalue weighted by atomic mass is 19.4. The number of carbonyl (C=O) groups is 1. The fourth-order valence-electron chi connectivity index (χ4n) is 3.11. The van der Waals surface area contributed by atoms with Gasteiger partial charge in [-0.2, -0.15) is 13.2 Å². The maximum absolute atomic E-state index is 13.5. The van der Waals surface area contributed by atoms with E-state index in [-0.39, 0.29) is 11.7 Å². The van der Waals surface area contributed by atoms with Crippen LogP contribution in [0, 0.1) is 5.92 Å². The maximum Gasteiger partial charge on any atom is 0.433 e. The minimum Gasteiger partial charge on any atom is -0.356 e. The summed E-state index contributed by atoms with van der Waals surface area (Å²) in [7, 11) is 1.79. The molecule has 0 saturated carbocycles. The fourth-order valence-corrected chi connectivity index (χ4v) is 3.11. The van der Waals surface area contributed by atoms with Crippen LogP contribution in [-0.4, -0.2) is 66.0 Å². The minimum atomic E-state index is -4.50. The highest BCUT2D eigenvalue weighted by molar-refractivity contribution is 5.82. The first kappa shape index (κ1) is 18.8. The highest BCUT2D eigenvalue weighted by Gasteiger charge is 2.38. The molecule has 0 aromatic carbocycles. The third-order valence-corrected chi connectivity index (χ3v) is 4.60. The zero-order chi connectivity index (χ0) is 19.1. The third-order valence-electron chi connectivity index (χ3n) is 4.60. The smallest absolute Gasteiger partial charge is 0.356 e. The summed E-state index contributed by atoms with van der Waals surface area (Å²) in [5, 5.41) is 5.54. The van der Waals surface area contributed by atoms with Crippen molar-refractivity contribution in [2.45, 2.75) is 31.6 Å². The van der Waals surface area contributed by atoms with Crippen molar-refractivity contribution >= 4 is 11.7 Å². The second-order valence-corrected chi connectivity index (χ2v) is 6.74. The van der Waals surface area contributed by atoms with Crippen LogP contribution in [0.15, 0.2) is 12.4 Å². The Balaban J connectivity index is 1.52. The number of amides is 1. The number of halogens is 4. The molecule has 3 heterocycles. The first-order chi connectivity index (χ1) is 12.1. The number of hydrogen-bond donors (Lipinski definition) is 2. The Morgan fingerprint density at radius 1 is 1.35 bits per heavy atom. The molecule has 1 amide bonds. The Morgan fingerprint density at radius 3 is 2.65 bits per heavy atom. The molecule has 3 unspecified atom stereocenters. The van der Waals surface area contributed by atoms with Crippen molar-refractivity contribution in [3.05, 3.63) is 18.1 Å². The molecule has 2 aliphatic rings. The van der Waals surface area contributed by atoms with Gasteiger partial charge >= 0.3 is 6.18 Å². The lowest BCUT2D eigenvalue weighted by Gasteiger charge is -2.44. The number of nitrogens with one attached hydrogen (secondary N) is 2. The van der Waals surface area contributed by atoms with E-state index in [1.54, 1.807) is 18.9 Å². The molecule has 2 fully saturated rings. The van der Waals surface area contributed by atoms with Gasteiger partial charge in [-0.3, -0.25) is 15.0 Å². The topological polar surface area (TPSA) is 73.4 Å². The van der Waals surface area contributed by atoms with E-state index in [0.29, 0.717) is 19.6 Å². The van der Waals surface area contributed by atoms with Gasteiger partial charge in [-0.25, -0.2) is 14.4 Å². The van der Waals surface area contributed by atoms with Crippen LogP contribution in [0.3, 0.4) is 0 Å². The molecule has 7 nitrogen and oxygen atoms in total. The van der Waals surface area contributed by atoms with Gasteiger partial charge in [0, 0.05) is 37.7 Å². The molecule has 26 heavy (non-hydrogen) atoms. The SMILES string of the molecule is CC1NC(N(C)CC2CN(c3cc(C(F)(F)F)ncn3)C2)NC(=O)C1F. The standard InChI is InChI=1S/C15H20F4N6O/c1-8-12(16)13(26)23-14(22-8)24(2)4-9-5-25(6-9)11-3-10(15(17,18)19)20-7-21-11/h3,7-9,12,14,22H,4-6H2,1-2H3,(H,23,26). The Labute approximate surface area is 147 Å². The number of alkyl halides is 4. The van der Waals surface area contributed by atoms with Crippen molar-refractivity contribution in [3.8, 4) is 0 Å². The minimum absolute atomic E-state index is 0.196. The van der Waals surface area contributed by atoms with Crippen molar-refractivity contribution in [2.75, 3.05) is 31.6 Å². The molecule has 2 N–H and O–H groups in total. The lowest BCUT2D eigenvalue weighted by Crippen LogP contribution is -2.68. The molecule has 0 bridgehead atoms. The van der Waals surface area contributed by atoms with Gasteiger partial charge in [0.15, 0.2) is 6.17 Å². The Kier molecular flexibility index (Phi) is 5.02. The number of aromatic nitrogens is 2. The predicted molar refractivity (Wildman–Crippen MR) is 84.8 cm³/mol. The van der Waals surface area contributed by atoms with Gasteiger partial charge < -0.3 is 10.2 Å². The van der Waals surface area contributed by atoms with E-state index in [0.717, 1.165) is 12.4 Å². The number of hydrogen-bond acceptors (Lipinski definition) is 6. The van der Waals surface area contributed by atoms with E-state index >= 15 is 0 Å². The zero-order valence-corrected chi connectivity index (χ0v) is 14.3. The molecule has 3 rings (SSSR count). The molecule has 0 radical (unpaired) electrons. The van der Waals surface area contributed by atoms with Crippen LogP contribution in [0.2, 0.25) is 0 Å². The number of carbonyl (C=O) groups excluding carboxylic acids is 1. The Hall–Kier alpha value is -2.01. The molecular weight excluding hydrogens is 356 g/mol. The first-order valence-corrected chi connectivity index (χ1v) is 8.20. The van der Waals surface area contributed by atoms with Gasteiger partial charge in [0.1, 0.15) is 24.1 Å². The van der Waals surface area contributed by atoms with Crippen LogP contribution in [0.5, 0.6) is 0 Å². The average Bonchev–Trinajstić information content (AvgIpc) is 2.54. The molecule has 0 spiro atoms. The lowest BCUT2D eigenvalue weighted by atomic mass is 9.99. The van der Waals surface area contributed by atoms with Gasteiger partial charge in [0.2, 0.25) is 0 Å². The zero-order valence-electron chi connectivity index (χ0n) is 14.3. The normalized spacial score (nSPS) is 27.4. The Bertz CT molecular complexity index is 666. The summed E-state index contributed by atoms with van der Waals surface area (Å²) in [6, 6.07) is 0.349. The van der Waals surface area contributed by atoms with E-state index in [9.17, 15) is 22.4 Å². The summed E-state index contributed by atoms with van der Waals surface area (Å²) < 4.78 is 51.7. The molecule has 2 saturated heterocycles. The van der Waals surface area contributed by atoms with Crippen molar-refractivity contribution in [3.63, 3.8) is 0 Å². The van der Waals surface area contributed by atoms with Crippen LogP contribution in [0.4, 0.5) is 23.4 Å². The van der Waals surface area contributed by atoms with E-state index in [4.69, 9.17) is 0 Å². The summed E-state index contributed by atoms with van der Waals surface area (Å²) in [6.07, 6.45) is -5.65. The van der Waals surface area contributed by atoms with Crippen molar-refractivity contribution in [1.29, 1.82) is 0 Å². The van der Waals surface area contributed by atoms with E-state index < -0.39 is 36.3 Å². The monoisotopic (exact) mass is 376 g/mol. The molecular formula is C15H20F4N6O. The van der Waals surface area contributed by atoms with Crippen LogP contribution in [-0.2, 0) is 11.0 Å². The molecule has 1 aromatic rings. The summed E-state index contributed by atoms with van der Waals surface area (Å²) in [5.41, 5.74) is -0.966. The summed E-state index contributed by atoms with van der Waals surface area (Å²) >= 11 is 0. The first-order valence-electron chi connectivity index (χ1n) is 8.20. The average molecular weight is 376 g/mol. The molecule has 11 heteroatoms. The summed E-state index contributed by atoms with van der Waals surface area (Å²) in [6.45, 7) is 3.28. The Morgan fingerprint density at radius 2 is 2.04 bits per heavy atom. The van der Waals surface area contributed by atoms with Gasteiger partial charge in [-0.15, -0.1) is 0 Å². The number of nitrogens with zero attached hydrogens (tertiary/aromatic N) is 4. The third kappa shape index (κ3) is 3.88. The van der Waals surface area contributed by atoms with Gasteiger partial charge in [-0.05, 0) is 14.0 Å². The molecule has 3 atom stereocenters. The molecule has 1 aromatic heterocycles. The van der Waals surface area contributed by atoms with Crippen LogP contribution < -0.4 is 15.5 Å². The lowest BCUT2D eigenvalue weighted by molar-refractivity contribution is -0.141. The van der Waals surface area contributed by atoms with Crippen LogP contribution >= 0.6 is 0 Å². The van der Waals surface area contributed by atoms with Crippen LogP contribution in [0.25, 0.3) is 0 Å². The van der Waals surface area contributed by atoms with E-state index in [2.05, 4.69) is 20.6 Å². The number of anilines is 1. The summed E-state index contributed by atoms with van der Waals surface area (Å²) in [5.74, 6) is -0.213. The predicted octanol–water partition coefficient (Wildman–Crippen LogP) is 0.593. The van der Waals surface area contributed by atoms with Crippen molar-refractivity contribution in [2.24, 2.45) is 5.92 Å². The number of rotatable bonds is 4.